The third kappa shape index (κ3) is 2.92. The number of fused-ring (bicyclic) bond motifs is 1. The Morgan fingerprint density at radius 2 is 1.93 bits per heavy atom. The van der Waals surface area contributed by atoms with Crippen LogP contribution in [-0.4, -0.2) is 59.3 Å². The van der Waals surface area contributed by atoms with Crippen molar-refractivity contribution in [2.45, 2.75) is 44.3 Å². The van der Waals surface area contributed by atoms with E-state index in [9.17, 15) is 15.3 Å². The average Bonchev–Trinajstić information content (AvgIpc) is 3.24. The number of hydrogen-bond acceptors (Lipinski definition) is 7. The van der Waals surface area contributed by atoms with Crippen LogP contribution >= 0.6 is 0 Å². The lowest BCUT2D eigenvalue weighted by molar-refractivity contribution is -0.0511. The Hall–Kier alpha value is -2.59. The molecular formula is C19H23N5O4. The van der Waals surface area contributed by atoms with E-state index in [1.807, 2.05) is 37.3 Å². The smallest absolute Gasteiger partial charge is 0.167 e. The first-order valence-electron chi connectivity index (χ1n) is 9.27. The molecule has 0 saturated carbocycles. The zero-order valence-electron chi connectivity index (χ0n) is 15.4. The summed E-state index contributed by atoms with van der Waals surface area (Å²) in [5.74, 6) is 0.694. The van der Waals surface area contributed by atoms with Crippen molar-refractivity contribution >= 4 is 11.2 Å². The van der Waals surface area contributed by atoms with Gasteiger partial charge in [0.1, 0.15) is 24.1 Å². The second kappa shape index (κ2) is 7.44. The van der Waals surface area contributed by atoms with E-state index in [1.165, 1.54) is 10.9 Å². The molecule has 9 nitrogen and oxygen atoms in total. The molecule has 1 saturated heterocycles. The summed E-state index contributed by atoms with van der Waals surface area (Å²) in [5.41, 5.74) is 1.77. The van der Waals surface area contributed by atoms with E-state index < -0.39 is 31.1 Å². The van der Waals surface area contributed by atoms with Gasteiger partial charge in [0.05, 0.1) is 12.9 Å². The predicted octanol–water partition coefficient (Wildman–Crippen LogP) is 0.265. The molecule has 0 unspecified atom stereocenters. The number of rotatable bonds is 5. The van der Waals surface area contributed by atoms with Crippen LogP contribution in [0.1, 0.15) is 25.4 Å². The quantitative estimate of drug-likeness (QED) is 0.499. The molecule has 0 bridgehead atoms. The molecule has 1 aliphatic heterocycles. The monoisotopic (exact) mass is 385 g/mol. The van der Waals surface area contributed by atoms with Crippen LogP contribution in [0, 0.1) is 5.41 Å². The van der Waals surface area contributed by atoms with Gasteiger partial charge in [-0.3, -0.25) is 14.5 Å². The van der Waals surface area contributed by atoms with Gasteiger partial charge in [-0.25, -0.2) is 9.97 Å². The molecule has 1 fully saturated rings. The van der Waals surface area contributed by atoms with Crippen LogP contribution < -0.4 is 5.49 Å². The van der Waals surface area contributed by atoms with Gasteiger partial charge in [0.2, 0.25) is 0 Å². The van der Waals surface area contributed by atoms with Crippen LogP contribution in [0.15, 0.2) is 36.7 Å². The normalized spacial score (nSPS) is 24.9. The molecule has 3 aromatic rings. The second-order valence-electron chi connectivity index (χ2n) is 6.85. The van der Waals surface area contributed by atoms with Crippen molar-refractivity contribution in [2.24, 2.45) is 0 Å². The standard InChI is InChI=1S/C19H23N5O4/c1-2-6-13-22-18-14(17(20)24(13)11-7-4-3-5-8-11)21-10-23(18)19-16(27)15(26)12(9-25)28-19/h3-5,7-8,10,12,15-16,19-20,25-27H,2,6,9H2,1H3/t12-,15-,16-,19-/m1/s1. The van der Waals surface area contributed by atoms with Gasteiger partial charge < -0.3 is 20.1 Å². The SMILES string of the molecule is CCCc1nc2c(ncn2[C@@H]2O[C@H](CO)[C@@H](O)[C@H]2O)c(=N)n1-c1ccccc1. The Morgan fingerprint density at radius 3 is 2.57 bits per heavy atom. The van der Waals surface area contributed by atoms with Crippen molar-refractivity contribution < 1.29 is 20.1 Å². The summed E-state index contributed by atoms with van der Waals surface area (Å²) in [6.07, 6.45) is -1.34. The fraction of sp³-hybridized carbons (Fsp3) is 0.421. The molecule has 1 aliphatic rings. The maximum absolute atomic E-state index is 10.4. The van der Waals surface area contributed by atoms with Gasteiger partial charge in [-0.1, -0.05) is 25.1 Å². The van der Waals surface area contributed by atoms with Crippen LogP contribution in [0.5, 0.6) is 0 Å². The molecule has 148 valence electrons. The highest BCUT2D eigenvalue weighted by Crippen LogP contribution is 2.31. The highest BCUT2D eigenvalue weighted by molar-refractivity contribution is 5.70. The Morgan fingerprint density at radius 1 is 1.18 bits per heavy atom. The van der Waals surface area contributed by atoms with Gasteiger partial charge in [-0.15, -0.1) is 0 Å². The molecule has 0 radical (unpaired) electrons. The minimum absolute atomic E-state index is 0.185. The third-order valence-electron chi connectivity index (χ3n) is 4.99. The third-order valence-corrected chi connectivity index (χ3v) is 4.99. The van der Waals surface area contributed by atoms with E-state index in [0.717, 1.165) is 12.1 Å². The second-order valence-corrected chi connectivity index (χ2v) is 6.85. The van der Waals surface area contributed by atoms with Gasteiger partial charge >= 0.3 is 0 Å². The summed E-state index contributed by atoms with van der Waals surface area (Å²) in [5, 5.41) is 38.4. The highest BCUT2D eigenvalue weighted by atomic mass is 16.6. The Kier molecular flexibility index (Phi) is 4.98. The number of imidazole rings is 1. The zero-order valence-corrected chi connectivity index (χ0v) is 15.4. The number of benzene rings is 1. The largest absolute Gasteiger partial charge is 0.394 e. The van der Waals surface area contributed by atoms with Crippen molar-refractivity contribution in [3.05, 3.63) is 48.0 Å². The van der Waals surface area contributed by atoms with Crippen LogP contribution in [0.2, 0.25) is 0 Å². The minimum atomic E-state index is -1.23. The van der Waals surface area contributed by atoms with Crippen LogP contribution in [0.4, 0.5) is 0 Å². The Balaban J connectivity index is 1.88. The van der Waals surface area contributed by atoms with Gasteiger partial charge in [-0.05, 0) is 18.6 Å². The molecule has 9 heteroatoms. The molecule has 1 aromatic carbocycles. The Labute approximate surface area is 161 Å². The molecule has 0 amide bonds. The minimum Gasteiger partial charge on any atom is -0.394 e. The van der Waals surface area contributed by atoms with E-state index in [-0.39, 0.29) is 5.49 Å². The first kappa shape index (κ1) is 18.8. The maximum Gasteiger partial charge on any atom is 0.167 e. The fourth-order valence-electron chi connectivity index (χ4n) is 3.58. The number of ether oxygens (including phenoxy) is 1. The van der Waals surface area contributed by atoms with Crippen LogP contribution in [0.3, 0.4) is 0 Å². The van der Waals surface area contributed by atoms with E-state index >= 15 is 0 Å². The molecule has 4 N–H and O–H groups in total. The number of aryl methyl sites for hydroxylation is 1. The van der Waals surface area contributed by atoms with E-state index in [2.05, 4.69) is 4.98 Å². The average molecular weight is 385 g/mol. The highest BCUT2D eigenvalue weighted by Gasteiger charge is 2.44. The number of para-hydroxylation sites is 1. The molecule has 28 heavy (non-hydrogen) atoms. The van der Waals surface area contributed by atoms with Crippen molar-refractivity contribution in [3.63, 3.8) is 0 Å². The van der Waals surface area contributed by atoms with Crippen molar-refractivity contribution in [1.82, 2.24) is 19.1 Å². The Bertz CT molecular complexity index is 1030. The topological polar surface area (TPSA) is 129 Å². The maximum atomic E-state index is 10.4. The molecule has 0 aliphatic carbocycles. The number of aromatic nitrogens is 4. The van der Waals surface area contributed by atoms with Crippen LogP contribution in [0.25, 0.3) is 16.9 Å². The number of aliphatic hydroxyl groups is 3. The van der Waals surface area contributed by atoms with E-state index in [0.29, 0.717) is 23.4 Å². The molecule has 0 spiro atoms. The lowest BCUT2D eigenvalue weighted by Crippen LogP contribution is -2.33. The fourth-order valence-corrected chi connectivity index (χ4v) is 3.58. The van der Waals surface area contributed by atoms with Crippen molar-refractivity contribution in [2.75, 3.05) is 6.61 Å². The molecule has 4 rings (SSSR count). The van der Waals surface area contributed by atoms with Crippen molar-refractivity contribution in [3.8, 4) is 5.69 Å². The first-order chi connectivity index (χ1) is 13.6. The lowest BCUT2D eigenvalue weighted by atomic mass is 10.1. The van der Waals surface area contributed by atoms with Crippen LogP contribution in [-0.2, 0) is 11.2 Å². The molecule has 3 heterocycles. The van der Waals surface area contributed by atoms with Gasteiger partial charge in [0, 0.05) is 12.1 Å². The molecule has 2 aromatic heterocycles. The molecular weight excluding hydrogens is 362 g/mol. The number of nitrogens with zero attached hydrogens (tertiary/aromatic N) is 4. The van der Waals surface area contributed by atoms with Gasteiger partial charge in [-0.2, -0.15) is 0 Å². The summed E-state index contributed by atoms with van der Waals surface area (Å²) >= 11 is 0. The number of aliphatic hydroxyl groups excluding tert-OH is 3. The summed E-state index contributed by atoms with van der Waals surface area (Å²) in [4.78, 5) is 9.04. The zero-order chi connectivity index (χ0) is 19.8. The molecule has 4 atom stereocenters. The summed E-state index contributed by atoms with van der Waals surface area (Å²) in [6.45, 7) is 1.63. The van der Waals surface area contributed by atoms with Gasteiger partial charge in [0.25, 0.3) is 0 Å². The first-order valence-corrected chi connectivity index (χ1v) is 9.27. The van der Waals surface area contributed by atoms with E-state index in [4.69, 9.17) is 15.1 Å². The summed E-state index contributed by atoms with van der Waals surface area (Å²) < 4.78 is 8.89. The number of hydrogen-bond donors (Lipinski definition) is 4. The lowest BCUT2D eigenvalue weighted by Gasteiger charge is -2.18. The number of nitrogens with one attached hydrogen (secondary N) is 1. The predicted molar refractivity (Wildman–Crippen MR) is 99.7 cm³/mol. The summed E-state index contributed by atoms with van der Waals surface area (Å²) in [6, 6.07) is 9.54. The van der Waals surface area contributed by atoms with E-state index in [1.54, 1.807) is 4.57 Å². The summed E-state index contributed by atoms with van der Waals surface area (Å²) in [7, 11) is 0. The van der Waals surface area contributed by atoms with Crippen molar-refractivity contribution in [1.29, 1.82) is 5.41 Å². The van der Waals surface area contributed by atoms with Gasteiger partial charge in [0.15, 0.2) is 22.9 Å².